The van der Waals surface area contributed by atoms with Crippen LogP contribution in [0, 0.1) is 17.3 Å². The number of nitrogens with zero attached hydrogens (tertiary/aromatic N) is 2. The van der Waals surface area contributed by atoms with Crippen LogP contribution in [0.2, 0.25) is 0 Å². The van der Waals surface area contributed by atoms with Crippen LogP contribution in [0.15, 0.2) is 4.99 Å². The summed E-state index contributed by atoms with van der Waals surface area (Å²) in [5.41, 5.74) is 0.195. The Morgan fingerprint density at radius 1 is 1.36 bits per heavy atom. The monoisotopic (exact) mass is 483 g/mol. The van der Waals surface area contributed by atoms with Gasteiger partial charge >= 0.3 is 0 Å². The zero-order valence-electron chi connectivity index (χ0n) is 16.9. The average Bonchev–Trinajstić information content (AvgIpc) is 2.55. The highest BCUT2D eigenvalue weighted by Crippen LogP contribution is 2.33. The lowest BCUT2D eigenvalue weighted by molar-refractivity contribution is -0.0836. The first-order chi connectivity index (χ1) is 11.3. The van der Waals surface area contributed by atoms with Gasteiger partial charge in [0.05, 0.1) is 6.10 Å². The molecule has 0 spiro atoms. The van der Waals surface area contributed by atoms with E-state index in [1.165, 1.54) is 18.6 Å². The fourth-order valence-electron chi connectivity index (χ4n) is 3.84. The zero-order chi connectivity index (χ0) is 17.7. The number of nitrogens with one attached hydrogen (secondary N) is 1. The summed E-state index contributed by atoms with van der Waals surface area (Å²) < 4.78 is 6.12. The zero-order valence-corrected chi connectivity index (χ0v) is 20.0. The molecule has 148 valence electrons. The highest BCUT2D eigenvalue weighted by molar-refractivity contribution is 14.0. The van der Waals surface area contributed by atoms with E-state index in [-0.39, 0.29) is 29.4 Å². The van der Waals surface area contributed by atoms with Crippen LogP contribution in [-0.4, -0.2) is 61.3 Å². The minimum absolute atomic E-state index is 0. The van der Waals surface area contributed by atoms with Gasteiger partial charge in [-0.1, -0.05) is 34.6 Å². The molecule has 1 N–H and O–H groups in total. The Balaban J connectivity index is 0.00000312. The fraction of sp³-hybridized carbons (Fsp3) is 0.947. The van der Waals surface area contributed by atoms with E-state index in [1.54, 1.807) is 0 Å². The van der Waals surface area contributed by atoms with Crippen LogP contribution in [0.25, 0.3) is 0 Å². The predicted molar refractivity (Wildman–Crippen MR) is 121 cm³/mol. The number of hydrogen-bond acceptors (Lipinski definition) is 3. The Bertz CT molecular complexity index is 425. The highest BCUT2D eigenvalue weighted by Gasteiger charge is 2.35. The molecule has 2 saturated heterocycles. The molecule has 6 heteroatoms. The van der Waals surface area contributed by atoms with Crippen LogP contribution in [0.4, 0.5) is 0 Å². The van der Waals surface area contributed by atoms with Crippen molar-refractivity contribution in [3.63, 3.8) is 0 Å². The molecule has 3 unspecified atom stereocenters. The minimum atomic E-state index is 0. The molecular weight excluding hydrogens is 445 g/mol. The average molecular weight is 484 g/mol. The van der Waals surface area contributed by atoms with Crippen LogP contribution < -0.4 is 5.32 Å². The summed E-state index contributed by atoms with van der Waals surface area (Å²) in [6, 6.07) is 0. The number of guanidine groups is 1. The topological polar surface area (TPSA) is 36.9 Å². The third kappa shape index (κ3) is 6.76. The van der Waals surface area contributed by atoms with Gasteiger partial charge in [-0.15, -0.1) is 24.0 Å². The van der Waals surface area contributed by atoms with Crippen LogP contribution in [0.1, 0.15) is 47.5 Å². The van der Waals surface area contributed by atoms with Crippen LogP contribution in [-0.2, 0) is 4.74 Å². The number of ether oxygens (including phenoxy) is 1. The van der Waals surface area contributed by atoms with Crippen molar-refractivity contribution in [3.05, 3.63) is 0 Å². The van der Waals surface area contributed by atoms with E-state index in [1.807, 2.05) is 7.05 Å². The number of halogens is 1. The maximum absolute atomic E-state index is 6.12. The van der Waals surface area contributed by atoms with Crippen LogP contribution in [0.5, 0.6) is 0 Å². The number of rotatable bonds is 3. The third-order valence-electron chi connectivity index (χ3n) is 5.17. The SMILES string of the molecule is CN=C(NCC1CCCOC1C(C)(C)C)N1CCSC(C(C)C)C1.I. The summed E-state index contributed by atoms with van der Waals surface area (Å²) >= 11 is 2.11. The Morgan fingerprint density at radius 3 is 2.68 bits per heavy atom. The van der Waals surface area contributed by atoms with Gasteiger partial charge in [0.15, 0.2) is 5.96 Å². The first-order valence-electron chi connectivity index (χ1n) is 9.51. The number of aliphatic imine (C=N–C) groups is 1. The lowest BCUT2D eigenvalue weighted by Gasteiger charge is -2.41. The summed E-state index contributed by atoms with van der Waals surface area (Å²) in [5, 5.41) is 4.36. The van der Waals surface area contributed by atoms with Gasteiger partial charge in [0.1, 0.15) is 0 Å². The molecule has 0 aliphatic carbocycles. The van der Waals surface area contributed by atoms with Crippen molar-refractivity contribution >= 4 is 41.7 Å². The summed E-state index contributed by atoms with van der Waals surface area (Å²) in [6.45, 7) is 15.6. The van der Waals surface area contributed by atoms with Gasteiger partial charge in [-0.2, -0.15) is 11.8 Å². The molecule has 0 aromatic carbocycles. The summed E-state index contributed by atoms with van der Waals surface area (Å²) in [6.07, 6.45) is 2.75. The first kappa shape index (κ1) is 23.3. The third-order valence-corrected chi connectivity index (χ3v) is 6.71. The lowest BCUT2D eigenvalue weighted by atomic mass is 9.78. The van der Waals surface area contributed by atoms with E-state index >= 15 is 0 Å². The van der Waals surface area contributed by atoms with Crippen molar-refractivity contribution in [1.82, 2.24) is 10.2 Å². The standard InChI is InChI=1S/C19H37N3OS.HI/c1-14(2)16-13-22(9-11-24-16)18(20-6)21-12-15-8-7-10-23-17(15)19(3,4)5;/h14-17H,7-13H2,1-6H3,(H,20,21);1H. The van der Waals surface area contributed by atoms with E-state index in [9.17, 15) is 0 Å². The summed E-state index contributed by atoms with van der Waals surface area (Å²) in [7, 11) is 1.91. The Morgan fingerprint density at radius 2 is 2.08 bits per heavy atom. The molecule has 2 rings (SSSR count). The van der Waals surface area contributed by atoms with Crippen molar-refractivity contribution in [1.29, 1.82) is 0 Å². The van der Waals surface area contributed by atoms with E-state index in [0.717, 1.165) is 32.2 Å². The molecule has 2 aliphatic rings. The second-order valence-corrected chi connectivity index (χ2v) is 9.93. The van der Waals surface area contributed by atoms with Crippen molar-refractivity contribution in [2.45, 2.75) is 58.8 Å². The van der Waals surface area contributed by atoms with Crippen molar-refractivity contribution < 1.29 is 4.74 Å². The van der Waals surface area contributed by atoms with Crippen LogP contribution >= 0.6 is 35.7 Å². The molecule has 2 heterocycles. The lowest BCUT2D eigenvalue weighted by Crippen LogP contribution is -2.52. The molecule has 0 amide bonds. The molecule has 4 nitrogen and oxygen atoms in total. The molecular formula is C19H38IN3OS. The van der Waals surface area contributed by atoms with Crippen molar-refractivity contribution in [3.8, 4) is 0 Å². The van der Waals surface area contributed by atoms with E-state index < -0.39 is 0 Å². The maximum atomic E-state index is 6.12. The Kier molecular flexibility index (Phi) is 9.89. The van der Waals surface area contributed by atoms with Gasteiger partial charge in [0, 0.05) is 50.2 Å². The predicted octanol–water partition coefficient (Wildman–Crippen LogP) is 4.09. The molecule has 0 aromatic rings. The maximum Gasteiger partial charge on any atom is 0.193 e. The van der Waals surface area contributed by atoms with E-state index in [2.05, 4.69) is 61.6 Å². The normalized spacial score (nSPS) is 28.7. The minimum Gasteiger partial charge on any atom is -0.377 e. The molecule has 25 heavy (non-hydrogen) atoms. The fourth-order valence-corrected chi connectivity index (χ4v) is 5.13. The second kappa shape index (κ2) is 10.6. The van der Waals surface area contributed by atoms with E-state index in [4.69, 9.17) is 4.74 Å². The molecule has 0 aromatic heterocycles. The number of thioether (sulfide) groups is 1. The summed E-state index contributed by atoms with van der Waals surface area (Å²) in [5.74, 6) is 3.54. The van der Waals surface area contributed by atoms with Crippen LogP contribution in [0.3, 0.4) is 0 Å². The first-order valence-corrected chi connectivity index (χ1v) is 10.6. The smallest absolute Gasteiger partial charge is 0.193 e. The van der Waals surface area contributed by atoms with Crippen molar-refractivity contribution in [2.24, 2.45) is 22.2 Å². The van der Waals surface area contributed by atoms with Gasteiger partial charge in [-0.05, 0) is 24.2 Å². The summed E-state index contributed by atoms with van der Waals surface area (Å²) in [4.78, 5) is 7.00. The second-order valence-electron chi connectivity index (χ2n) is 8.59. The Labute approximate surface area is 176 Å². The largest absolute Gasteiger partial charge is 0.377 e. The quantitative estimate of drug-likeness (QED) is 0.373. The van der Waals surface area contributed by atoms with Gasteiger partial charge in [-0.3, -0.25) is 4.99 Å². The van der Waals surface area contributed by atoms with E-state index in [0.29, 0.717) is 23.2 Å². The van der Waals surface area contributed by atoms with Gasteiger partial charge in [-0.25, -0.2) is 0 Å². The molecule has 2 aliphatic heterocycles. The molecule has 3 atom stereocenters. The van der Waals surface area contributed by atoms with Gasteiger partial charge < -0.3 is 15.0 Å². The number of hydrogen-bond donors (Lipinski definition) is 1. The molecule has 0 bridgehead atoms. The molecule has 2 fully saturated rings. The Hall–Kier alpha value is 0.310. The molecule has 0 saturated carbocycles. The van der Waals surface area contributed by atoms with Gasteiger partial charge in [0.25, 0.3) is 0 Å². The van der Waals surface area contributed by atoms with Crippen molar-refractivity contribution in [2.75, 3.05) is 39.0 Å². The highest BCUT2D eigenvalue weighted by atomic mass is 127. The molecule has 0 radical (unpaired) electrons. The van der Waals surface area contributed by atoms with Gasteiger partial charge in [0.2, 0.25) is 0 Å².